The van der Waals surface area contributed by atoms with Crippen LogP contribution in [0.15, 0.2) is 72.8 Å². The molecule has 1 aliphatic heterocycles. The van der Waals surface area contributed by atoms with E-state index in [1.54, 1.807) is 6.07 Å². The second kappa shape index (κ2) is 11.9. The summed E-state index contributed by atoms with van der Waals surface area (Å²) >= 11 is 0. The van der Waals surface area contributed by atoms with E-state index < -0.39 is 5.60 Å². The van der Waals surface area contributed by atoms with Gasteiger partial charge in [-0.2, -0.15) is 0 Å². The Bertz CT molecular complexity index is 1370. The first-order chi connectivity index (χ1) is 17.8. The third kappa shape index (κ3) is 7.33. The van der Waals surface area contributed by atoms with Gasteiger partial charge < -0.3 is 15.0 Å². The van der Waals surface area contributed by atoms with Crippen LogP contribution in [0.3, 0.4) is 0 Å². The van der Waals surface area contributed by atoms with E-state index in [0.29, 0.717) is 12.2 Å². The fourth-order valence-corrected chi connectivity index (χ4v) is 4.33. The number of nitrogens with one attached hydrogen (secondary N) is 1. The summed E-state index contributed by atoms with van der Waals surface area (Å²) in [6, 6.07) is 23.8. The summed E-state index contributed by atoms with van der Waals surface area (Å²) < 4.78 is 5.51. The third-order valence-corrected chi connectivity index (χ3v) is 6.09. The summed E-state index contributed by atoms with van der Waals surface area (Å²) in [6.45, 7) is 7.94. The van der Waals surface area contributed by atoms with Crippen molar-refractivity contribution in [2.75, 3.05) is 13.1 Å². The number of hydrogen-bond acceptors (Lipinski definition) is 6. The van der Waals surface area contributed by atoms with Gasteiger partial charge in [-0.3, -0.25) is 9.78 Å². The van der Waals surface area contributed by atoms with Crippen molar-refractivity contribution in [2.45, 2.75) is 51.8 Å². The standard InChI is InChI=1S/C20H27N3O2.C10H7NO/c1-20(2,3)25-19(24)23-12-6-8-17(23)14-21-13-16-11-10-15-7-4-5-9-18(15)22-16;12-7-9-6-5-8-3-1-2-4-10(8)11-9/h4-5,7,9-11,17,21H,6,8,12-14H2,1-3H3;1-7H/t17-;/m0./s1. The van der Waals surface area contributed by atoms with Gasteiger partial charge in [-0.1, -0.05) is 48.5 Å². The Kier molecular flexibility index (Phi) is 8.46. The van der Waals surface area contributed by atoms with Gasteiger partial charge in [0.05, 0.1) is 16.7 Å². The smallest absolute Gasteiger partial charge is 0.410 e. The first-order valence-corrected chi connectivity index (χ1v) is 12.7. The number of nitrogens with zero attached hydrogens (tertiary/aromatic N) is 3. The summed E-state index contributed by atoms with van der Waals surface area (Å²) in [5.74, 6) is 0. The molecular weight excluding hydrogens is 464 g/mol. The zero-order valence-electron chi connectivity index (χ0n) is 21.7. The number of rotatable bonds is 5. The average molecular weight is 499 g/mol. The molecule has 192 valence electrons. The largest absolute Gasteiger partial charge is 0.444 e. The molecule has 4 aromatic rings. The maximum atomic E-state index is 12.3. The lowest BCUT2D eigenvalue weighted by atomic mass is 10.2. The molecule has 1 fully saturated rings. The van der Waals surface area contributed by atoms with Crippen LogP contribution in [0.1, 0.15) is 49.8 Å². The number of benzene rings is 2. The number of amides is 1. The maximum Gasteiger partial charge on any atom is 0.410 e. The van der Waals surface area contributed by atoms with Crippen molar-refractivity contribution in [3.63, 3.8) is 0 Å². The normalized spacial score (nSPS) is 15.3. The molecule has 0 saturated carbocycles. The second-order valence-electron chi connectivity index (χ2n) is 10.1. The Morgan fingerprint density at radius 2 is 1.62 bits per heavy atom. The molecule has 7 heteroatoms. The predicted octanol–water partition coefficient (Wildman–Crippen LogP) is 5.77. The molecule has 0 bridgehead atoms. The topological polar surface area (TPSA) is 84.4 Å². The zero-order valence-corrected chi connectivity index (χ0v) is 21.7. The fourth-order valence-electron chi connectivity index (χ4n) is 4.33. The SMILES string of the molecule is CC(C)(C)OC(=O)N1CCC[C@H]1CNCc1ccc2ccccc2n1.O=Cc1ccc2ccccc2n1. The highest BCUT2D eigenvalue weighted by Gasteiger charge is 2.31. The van der Waals surface area contributed by atoms with Crippen LogP contribution in [0.2, 0.25) is 0 Å². The van der Waals surface area contributed by atoms with Gasteiger partial charge in [0.15, 0.2) is 6.29 Å². The van der Waals surface area contributed by atoms with E-state index in [1.165, 1.54) is 0 Å². The highest BCUT2D eigenvalue weighted by molar-refractivity contribution is 5.83. The van der Waals surface area contributed by atoms with Crippen LogP contribution in [0, 0.1) is 0 Å². The molecule has 2 aromatic heterocycles. The molecular formula is C30H34N4O3. The van der Waals surface area contributed by atoms with E-state index in [2.05, 4.69) is 33.5 Å². The minimum Gasteiger partial charge on any atom is -0.444 e. The van der Waals surface area contributed by atoms with E-state index in [9.17, 15) is 9.59 Å². The maximum absolute atomic E-state index is 12.3. The van der Waals surface area contributed by atoms with Crippen LogP contribution < -0.4 is 5.32 Å². The molecule has 1 aliphatic rings. The molecule has 2 aromatic carbocycles. The zero-order chi connectivity index (χ0) is 26.3. The number of fused-ring (bicyclic) bond motifs is 2. The highest BCUT2D eigenvalue weighted by Crippen LogP contribution is 2.20. The fraction of sp³-hybridized carbons (Fsp3) is 0.333. The molecule has 3 heterocycles. The molecule has 0 aliphatic carbocycles. The molecule has 0 unspecified atom stereocenters. The second-order valence-corrected chi connectivity index (χ2v) is 10.1. The number of carbonyl (C=O) groups excluding carboxylic acids is 2. The number of ether oxygens (including phenoxy) is 1. The van der Waals surface area contributed by atoms with Crippen molar-refractivity contribution in [3.05, 3.63) is 84.2 Å². The van der Waals surface area contributed by atoms with E-state index in [4.69, 9.17) is 4.74 Å². The van der Waals surface area contributed by atoms with Crippen molar-refractivity contribution in [3.8, 4) is 0 Å². The lowest BCUT2D eigenvalue weighted by Crippen LogP contribution is -2.44. The molecule has 0 spiro atoms. The molecule has 5 rings (SSSR count). The number of carbonyl (C=O) groups is 2. The van der Waals surface area contributed by atoms with Crippen molar-refractivity contribution >= 4 is 34.2 Å². The highest BCUT2D eigenvalue weighted by atomic mass is 16.6. The van der Waals surface area contributed by atoms with E-state index >= 15 is 0 Å². The Morgan fingerprint density at radius 3 is 2.30 bits per heavy atom. The summed E-state index contributed by atoms with van der Waals surface area (Å²) in [4.78, 5) is 33.4. The summed E-state index contributed by atoms with van der Waals surface area (Å²) in [5.41, 5.74) is 2.92. The van der Waals surface area contributed by atoms with Crippen molar-refractivity contribution in [2.24, 2.45) is 0 Å². The Labute approximate surface area is 217 Å². The number of likely N-dealkylation sites (tertiary alicyclic amines) is 1. The molecule has 37 heavy (non-hydrogen) atoms. The van der Waals surface area contributed by atoms with Gasteiger partial charge in [-0.15, -0.1) is 0 Å². The lowest BCUT2D eigenvalue weighted by molar-refractivity contribution is 0.0226. The van der Waals surface area contributed by atoms with Gasteiger partial charge in [0.25, 0.3) is 0 Å². The summed E-state index contributed by atoms with van der Waals surface area (Å²) in [7, 11) is 0. The first-order valence-electron chi connectivity index (χ1n) is 12.7. The minimum atomic E-state index is -0.452. The van der Waals surface area contributed by atoms with E-state index in [0.717, 1.165) is 59.7 Å². The molecule has 1 saturated heterocycles. The summed E-state index contributed by atoms with van der Waals surface area (Å²) in [5, 5.41) is 5.65. The van der Waals surface area contributed by atoms with Crippen molar-refractivity contribution < 1.29 is 14.3 Å². The summed E-state index contributed by atoms with van der Waals surface area (Å²) in [6.07, 6.45) is 2.59. The van der Waals surface area contributed by atoms with Crippen LogP contribution in [0.4, 0.5) is 4.79 Å². The van der Waals surface area contributed by atoms with Crippen LogP contribution in [0.5, 0.6) is 0 Å². The van der Waals surface area contributed by atoms with E-state index in [-0.39, 0.29) is 12.1 Å². The van der Waals surface area contributed by atoms with Gasteiger partial charge in [0, 0.05) is 36.4 Å². The monoisotopic (exact) mass is 498 g/mol. The first kappa shape index (κ1) is 26.2. The van der Waals surface area contributed by atoms with Crippen LogP contribution in [0.25, 0.3) is 21.8 Å². The predicted molar refractivity (Wildman–Crippen MR) is 147 cm³/mol. The molecule has 7 nitrogen and oxygen atoms in total. The van der Waals surface area contributed by atoms with Gasteiger partial charge >= 0.3 is 6.09 Å². The minimum absolute atomic E-state index is 0.190. The molecule has 1 atom stereocenters. The average Bonchev–Trinajstić information content (AvgIpc) is 3.36. The van der Waals surface area contributed by atoms with Crippen LogP contribution in [-0.2, 0) is 11.3 Å². The van der Waals surface area contributed by atoms with Crippen molar-refractivity contribution in [1.82, 2.24) is 20.2 Å². The molecule has 1 amide bonds. The quantitative estimate of drug-likeness (QED) is 0.352. The van der Waals surface area contributed by atoms with Crippen molar-refractivity contribution in [1.29, 1.82) is 0 Å². The third-order valence-electron chi connectivity index (χ3n) is 6.09. The van der Waals surface area contributed by atoms with Crippen LogP contribution in [-0.4, -0.2) is 52.0 Å². The Balaban J connectivity index is 0.000000222. The lowest BCUT2D eigenvalue weighted by Gasteiger charge is -2.28. The number of aromatic nitrogens is 2. The van der Waals surface area contributed by atoms with Gasteiger partial charge in [0.2, 0.25) is 0 Å². The number of para-hydroxylation sites is 2. The van der Waals surface area contributed by atoms with E-state index in [1.807, 2.05) is 74.2 Å². The van der Waals surface area contributed by atoms with Gasteiger partial charge in [0.1, 0.15) is 11.3 Å². The molecule has 0 radical (unpaired) electrons. The number of hydrogen-bond donors (Lipinski definition) is 1. The Hall–Kier alpha value is -3.84. The Morgan fingerprint density at radius 1 is 0.973 bits per heavy atom. The van der Waals surface area contributed by atoms with Gasteiger partial charge in [-0.25, -0.2) is 9.78 Å². The molecule has 1 N–H and O–H groups in total. The number of pyridine rings is 2. The van der Waals surface area contributed by atoms with Crippen LogP contribution >= 0.6 is 0 Å². The number of aldehydes is 1. The van der Waals surface area contributed by atoms with Gasteiger partial charge in [-0.05, 0) is 57.9 Å².